The molecule has 6 nitrogen and oxygen atoms in total. The number of rotatable bonds is 5. The van der Waals surface area contributed by atoms with Crippen molar-refractivity contribution in [1.82, 2.24) is 15.0 Å². The highest BCUT2D eigenvalue weighted by molar-refractivity contribution is 8.00. The molecule has 1 fully saturated rings. The summed E-state index contributed by atoms with van der Waals surface area (Å²) in [5, 5.41) is 6.05. The van der Waals surface area contributed by atoms with E-state index < -0.39 is 0 Å². The van der Waals surface area contributed by atoms with E-state index in [1.807, 2.05) is 5.38 Å². The first kappa shape index (κ1) is 15.2. The summed E-state index contributed by atoms with van der Waals surface area (Å²) in [4.78, 5) is 27.1. The number of anilines is 2. The summed E-state index contributed by atoms with van der Waals surface area (Å²) in [5.41, 5.74) is 0. The zero-order valence-corrected chi connectivity index (χ0v) is 13.7. The van der Waals surface area contributed by atoms with Gasteiger partial charge in [0.15, 0.2) is 10.9 Å². The van der Waals surface area contributed by atoms with Gasteiger partial charge in [-0.15, -0.1) is 11.3 Å². The molecule has 1 aliphatic rings. The fourth-order valence-corrected chi connectivity index (χ4v) is 3.65. The molecule has 22 heavy (non-hydrogen) atoms. The van der Waals surface area contributed by atoms with Gasteiger partial charge >= 0.3 is 0 Å². The summed E-state index contributed by atoms with van der Waals surface area (Å²) >= 11 is 2.83. The average molecular weight is 335 g/mol. The van der Waals surface area contributed by atoms with E-state index in [0.29, 0.717) is 10.9 Å². The first-order valence-corrected chi connectivity index (χ1v) is 9.07. The molecule has 0 saturated carbocycles. The smallest absolute Gasteiger partial charge is 0.236 e. The van der Waals surface area contributed by atoms with Crippen molar-refractivity contribution in [2.45, 2.75) is 24.3 Å². The lowest BCUT2D eigenvalue weighted by Crippen LogP contribution is -2.30. The van der Waals surface area contributed by atoms with Gasteiger partial charge in [-0.25, -0.2) is 15.0 Å². The molecule has 0 radical (unpaired) electrons. The Morgan fingerprint density at radius 1 is 1.18 bits per heavy atom. The number of thioether (sulfide) groups is 1. The number of hydrogen-bond acceptors (Lipinski definition) is 7. The molecule has 3 heterocycles. The molecule has 2 aromatic heterocycles. The van der Waals surface area contributed by atoms with E-state index in [1.165, 1.54) is 42.4 Å². The summed E-state index contributed by atoms with van der Waals surface area (Å²) in [7, 11) is 0. The molecule has 2 aromatic rings. The second kappa shape index (κ2) is 7.55. The lowest BCUT2D eigenvalue weighted by Gasteiger charge is -2.28. The van der Waals surface area contributed by atoms with Crippen molar-refractivity contribution in [2.75, 3.05) is 29.1 Å². The molecule has 116 valence electrons. The Balaban J connectivity index is 1.61. The van der Waals surface area contributed by atoms with E-state index in [2.05, 4.69) is 25.2 Å². The van der Waals surface area contributed by atoms with E-state index in [9.17, 15) is 4.79 Å². The van der Waals surface area contributed by atoms with E-state index in [1.54, 1.807) is 18.6 Å². The molecule has 1 saturated heterocycles. The van der Waals surface area contributed by atoms with Gasteiger partial charge < -0.3 is 10.2 Å². The molecule has 8 heteroatoms. The zero-order valence-electron chi connectivity index (χ0n) is 12.1. The standard InChI is InChI=1S/C14H17N5OS2/c20-11(18-14-17-6-9-21-14)10-22-13-12(15-4-5-16-13)19-7-2-1-3-8-19/h4-6,9H,1-3,7-8,10H2,(H,17,18,20). The van der Waals surface area contributed by atoms with Crippen LogP contribution in [0.25, 0.3) is 0 Å². The van der Waals surface area contributed by atoms with Gasteiger partial charge in [0.25, 0.3) is 0 Å². The average Bonchev–Trinajstić information content (AvgIpc) is 3.07. The molecular weight excluding hydrogens is 318 g/mol. The van der Waals surface area contributed by atoms with Crippen molar-refractivity contribution in [3.8, 4) is 0 Å². The fourth-order valence-electron chi connectivity index (χ4n) is 2.32. The van der Waals surface area contributed by atoms with Gasteiger partial charge in [-0.2, -0.15) is 0 Å². The molecule has 0 atom stereocenters. The Hall–Kier alpha value is -1.67. The van der Waals surface area contributed by atoms with Crippen molar-refractivity contribution >= 4 is 40.0 Å². The van der Waals surface area contributed by atoms with Crippen molar-refractivity contribution in [1.29, 1.82) is 0 Å². The zero-order chi connectivity index (χ0) is 15.2. The third-order valence-corrected chi connectivity index (χ3v) is 4.98. The van der Waals surface area contributed by atoms with Crippen LogP contribution in [0.3, 0.4) is 0 Å². The predicted molar refractivity (Wildman–Crippen MR) is 89.6 cm³/mol. The maximum atomic E-state index is 11.9. The third kappa shape index (κ3) is 3.95. The van der Waals surface area contributed by atoms with Gasteiger partial charge in [-0.05, 0) is 19.3 Å². The lowest BCUT2D eigenvalue weighted by atomic mass is 10.1. The van der Waals surface area contributed by atoms with Gasteiger partial charge in [0.1, 0.15) is 5.03 Å². The Morgan fingerprint density at radius 2 is 2.00 bits per heavy atom. The van der Waals surface area contributed by atoms with Crippen LogP contribution in [0, 0.1) is 0 Å². The van der Waals surface area contributed by atoms with Crippen LogP contribution in [-0.4, -0.2) is 39.7 Å². The number of amides is 1. The highest BCUT2D eigenvalue weighted by Gasteiger charge is 2.17. The molecule has 3 rings (SSSR count). The van der Waals surface area contributed by atoms with E-state index in [-0.39, 0.29) is 5.91 Å². The maximum Gasteiger partial charge on any atom is 0.236 e. The normalized spacial score (nSPS) is 14.8. The predicted octanol–water partition coefficient (Wildman–Crippen LogP) is 2.65. The summed E-state index contributed by atoms with van der Waals surface area (Å²) in [6.45, 7) is 2.02. The lowest BCUT2D eigenvalue weighted by molar-refractivity contribution is -0.113. The van der Waals surface area contributed by atoms with E-state index in [0.717, 1.165) is 23.9 Å². The number of hydrogen-bond donors (Lipinski definition) is 1. The molecule has 0 bridgehead atoms. The maximum absolute atomic E-state index is 11.9. The number of thiazole rings is 1. The Morgan fingerprint density at radius 3 is 2.77 bits per heavy atom. The highest BCUT2D eigenvalue weighted by Crippen LogP contribution is 2.28. The van der Waals surface area contributed by atoms with Gasteiger partial charge in [-0.1, -0.05) is 11.8 Å². The number of aromatic nitrogens is 3. The Labute approximate surface area is 137 Å². The van der Waals surface area contributed by atoms with E-state index in [4.69, 9.17) is 0 Å². The van der Waals surface area contributed by atoms with Gasteiger partial charge in [-0.3, -0.25) is 4.79 Å². The molecule has 0 spiro atoms. The Bertz CT molecular complexity index is 613. The number of carbonyl (C=O) groups is 1. The van der Waals surface area contributed by atoms with Crippen LogP contribution in [0.2, 0.25) is 0 Å². The molecule has 0 unspecified atom stereocenters. The topological polar surface area (TPSA) is 71.0 Å². The summed E-state index contributed by atoms with van der Waals surface area (Å²) in [6, 6.07) is 0. The molecule has 1 aliphatic heterocycles. The summed E-state index contributed by atoms with van der Waals surface area (Å²) < 4.78 is 0. The van der Waals surface area contributed by atoms with Crippen LogP contribution in [0.1, 0.15) is 19.3 Å². The third-order valence-electron chi connectivity index (χ3n) is 3.32. The summed E-state index contributed by atoms with van der Waals surface area (Å²) in [6.07, 6.45) is 8.70. The van der Waals surface area contributed by atoms with Crippen molar-refractivity contribution in [2.24, 2.45) is 0 Å². The van der Waals surface area contributed by atoms with Crippen LogP contribution in [-0.2, 0) is 4.79 Å². The second-order valence-corrected chi connectivity index (χ2v) is 6.77. The minimum Gasteiger partial charge on any atom is -0.354 e. The number of nitrogens with one attached hydrogen (secondary N) is 1. The monoisotopic (exact) mass is 335 g/mol. The fraction of sp³-hybridized carbons (Fsp3) is 0.429. The van der Waals surface area contributed by atoms with Crippen molar-refractivity contribution in [3.63, 3.8) is 0 Å². The van der Waals surface area contributed by atoms with Crippen LogP contribution in [0.4, 0.5) is 10.9 Å². The van der Waals surface area contributed by atoms with Crippen molar-refractivity contribution < 1.29 is 4.79 Å². The highest BCUT2D eigenvalue weighted by atomic mass is 32.2. The van der Waals surface area contributed by atoms with Crippen LogP contribution in [0.5, 0.6) is 0 Å². The summed E-state index contributed by atoms with van der Waals surface area (Å²) in [5.74, 6) is 1.13. The molecule has 0 aromatic carbocycles. The number of carbonyl (C=O) groups excluding carboxylic acids is 1. The minimum atomic E-state index is -0.0739. The van der Waals surface area contributed by atoms with Gasteiger partial charge in [0.2, 0.25) is 5.91 Å². The van der Waals surface area contributed by atoms with Crippen LogP contribution < -0.4 is 10.2 Å². The van der Waals surface area contributed by atoms with E-state index >= 15 is 0 Å². The van der Waals surface area contributed by atoms with Gasteiger partial charge in [0, 0.05) is 37.1 Å². The first-order chi connectivity index (χ1) is 10.8. The second-order valence-electron chi connectivity index (χ2n) is 4.91. The molecule has 0 aliphatic carbocycles. The Kier molecular flexibility index (Phi) is 5.23. The SMILES string of the molecule is O=C(CSc1nccnc1N1CCCCC1)Nc1nccs1. The number of nitrogens with zero attached hydrogens (tertiary/aromatic N) is 4. The first-order valence-electron chi connectivity index (χ1n) is 7.21. The van der Waals surface area contributed by atoms with Crippen LogP contribution in [0.15, 0.2) is 29.0 Å². The van der Waals surface area contributed by atoms with Crippen LogP contribution >= 0.6 is 23.1 Å². The molecule has 1 amide bonds. The molecule has 1 N–H and O–H groups in total. The number of piperidine rings is 1. The largest absolute Gasteiger partial charge is 0.354 e. The van der Waals surface area contributed by atoms with Crippen molar-refractivity contribution in [3.05, 3.63) is 24.0 Å². The molecular formula is C14H17N5OS2. The quantitative estimate of drug-likeness (QED) is 0.847. The van der Waals surface area contributed by atoms with Gasteiger partial charge in [0.05, 0.1) is 5.75 Å². The minimum absolute atomic E-state index is 0.0739.